The minimum Gasteiger partial charge on any atom is -0.350 e. The molecule has 0 amide bonds. The third kappa shape index (κ3) is 2.44. The first kappa shape index (κ1) is 19.0. The van der Waals surface area contributed by atoms with E-state index in [0.717, 1.165) is 32.9 Å². The molecule has 0 aliphatic heterocycles. The molecule has 0 N–H and O–H groups in total. The van der Waals surface area contributed by atoms with E-state index in [1.54, 1.807) is 0 Å². The molecule has 6 heteroatoms. The van der Waals surface area contributed by atoms with Gasteiger partial charge in [-0.2, -0.15) is 0 Å². The Morgan fingerprint density at radius 3 is 1.57 bits per heavy atom. The fourth-order valence-electron chi connectivity index (χ4n) is 4.34. The van der Waals surface area contributed by atoms with Gasteiger partial charge >= 0.3 is 7.60 Å². The molecule has 4 aromatic rings. The molecule has 0 saturated carbocycles. The van der Waals surface area contributed by atoms with Crippen LogP contribution < -0.4 is 0 Å². The molecule has 28 heavy (non-hydrogen) atoms. The van der Waals surface area contributed by atoms with E-state index >= 15 is 0 Å². The quantitative estimate of drug-likeness (QED) is 0.423. The van der Waals surface area contributed by atoms with Crippen molar-refractivity contribution in [1.82, 2.24) is 9.13 Å². The van der Waals surface area contributed by atoms with Crippen molar-refractivity contribution in [2.45, 2.75) is 12.1 Å². The summed E-state index contributed by atoms with van der Waals surface area (Å²) in [5, 5.41) is 1.09. The smallest absolute Gasteiger partial charge is 0.344 e. The molecule has 0 atom stereocenters. The van der Waals surface area contributed by atoms with Gasteiger partial charge in [-0.25, -0.2) is 0 Å². The molecule has 0 saturated heterocycles. The summed E-state index contributed by atoms with van der Waals surface area (Å²) in [6, 6.07) is 16.3. The predicted octanol–water partition coefficient (Wildman–Crippen LogP) is 5.42. The Morgan fingerprint density at radius 1 is 0.786 bits per heavy atom. The summed E-state index contributed by atoms with van der Waals surface area (Å²) in [5.74, 6) is 0. The highest BCUT2D eigenvalue weighted by molar-refractivity contribution is 7.55. The topological polar surface area (TPSA) is 45.4 Å². The molecule has 2 heterocycles. The molecule has 2 aromatic heterocycles. The average Bonchev–Trinajstić information content (AvgIpc) is 3.25. The van der Waals surface area contributed by atoms with Crippen LogP contribution in [0, 0.1) is 0 Å². The van der Waals surface area contributed by atoms with E-state index in [9.17, 15) is 4.57 Å². The lowest BCUT2D eigenvalue weighted by atomic mass is 9.91. The molecule has 4 rings (SSSR count). The third-order valence-corrected chi connectivity index (χ3v) is 8.41. The number of fused-ring (bicyclic) bond motifs is 2. The fourth-order valence-corrected chi connectivity index (χ4v) is 6.16. The zero-order valence-electron chi connectivity index (χ0n) is 16.8. The molecule has 2 aromatic carbocycles. The Labute approximate surface area is 165 Å². The van der Waals surface area contributed by atoms with Crippen molar-refractivity contribution in [3.05, 3.63) is 72.1 Å². The van der Waals surface area contributed by atoms with Crippen LogP contribution in [0.1, 0.15) is 18.1 Å². The lowest BCUT2D eigenvalue weighted by Crippen LogP contribution is -2.25. The summed E-state index contributed by atoms with van der Waals surface area (Å²) in [6.45, 7) is 1.96. The first-order chi connectivity index (χ1) is 13.4. The standard InChI is InChI=1S/C22H25N2O3P/c1-22(28(25,26-4)27-5,18-14-23(2)20-12-8-6-10-16(18)20)19-15-24(3)21-13-9-7-11-17(19)21/h6-15H,1-5H3. The Hall–Kier alpha value is -2.33. The number of rotatable bonds is 5. The van der Waals surface area contributed by atoms with Crippen LogP contribution in [0.5, 0.6) is 0 Å². The molecule has 0 spiro atoms. The van der Waals surface area contributed by atoms with Crippen LogP contribution in [0.4, 0.5) is 0 Å². The largest absolute Gasteiger partial charge is 0.350 e. The van der Waals surface area contributed by atoms with Gasteiger partial charge in [0.15, 0.2) is 0 Å². The van der Waals surface area contributed by atoms with E-state index in [1.165, 1.54) is 14.2 Å². The van der Waals surface area contributed by atoms with Crippen molar-refractivity contribution in [2.75, 3.05) is 14.2 Å². The molecule has 0 fully saturated rings. The highest BCUT2D eigenvalue weighted by atomic mass is 31.2. The van der Waals surface area contributed by atoms with Gasteiger partial charge in [0.1, 0.15) is 5.16 Å². The van der Waals surface area contributed by atoms with E-state index in [0.29, 0.717) is 0 Å². The Balaban J connectivity index is 2.16. The third-order valence-electron chi connectivity index (χ3n) is 5.87. The summed E-state index contributed by atoms with van der Waals surface area (Å²) in [4.78, 5) is 0. The maximum atomic E-state index is 14.0. The highest BCUT2D eigenvalue weighted by Gasteiger charge is 2.51. The first-order valence-corrected chi connectivity index (χ1v) is 10.7. The number of para-hydroxylation sites is 2. The Bertz CT molecular complexity index is 1130. The molecule has 146 valence electrons. The van der Waals surface area contributed by atoms with Gasteiger partial charge < -0.3 is 18.2 Å². The SMILES string of the molecule is COP(=O)(OC)C(C)(c1cn(C)c2ccccc12)c1cn(C)c2ccccc12. The van der Waals surface area contributed by atoms with Crippen molar-refractivity contribution in [1.29, 1.82) is 0 Å². The maximum Gasteiger partial charge on any atom is 0.344 e. The summed E-state index contributed by atoms with van der Waals surface area (Å²) in [6.07, 6.45) is 4.08. The molecule has 5 nitrogen and oxygen atoms in total. The van der Waals surface area contributed by atoms with Gasteiger partial charge in [-0.1, -0.05) is 36.4 Å². The molecule has 0 unspecified atom stereocenters. The normalized spacial score (nSPS) is 12.9. The molecule has 0 aliphatic rings. The van der Waals surface area contributed by atoms with Crippen molar-refractivity contribution >= 4 is 29.4 Å². The van der Waals surface area contributed by atoms with Gasteiger partial charge in [-0.05, 0) is 19.1 Å². The van der Waals surface area contributed by atoms with E-state index in [-0.39, 0.29) is 0 Å². The molecular formula is C22H25N2O3P. The monoisotopic (exact) mass is 396 g/mol. The number of hydrogen-bond acceptors (Lipinski definition) is 3. The maximum absolute atomic E-state index is 14.0. The van der Waals surface area contributed by atoms with Crippen LogP contribution in [-0.4, -0.2) is 23.4 Å². The minimum absolute atomic E-state index is 0.925. The minimum atomic E-state index is -3.56. The van der Waals surface area contributed by atoms with Crippen molar-refractivity contribution < 1.29 is 13.6 Å². The van der Waals surface area contributed by atoms with Crippen molar-refractivity contribution in [3.63, 3.8) is 0 Å². The van der Waals surface area contributed by atoms with Gasteiger partial charge in [0, 0.05) is 73.6 Å². The highest BCUT2D eigenvalue weighted by Crippen LogP contribution is 2.68. The van der Waals surface area contributed by atoms with Crippen LogP contribution in [0.3, 0.4) is 0 Å². The number of hydrogen-bond donors (Lipinski definition) is 0. The van der Waals surface area contributed by atoms with Gasteiger partial charge in [0.05, 0.1) is 0 Å². The van der Waals surface area contributed by atoms with Crippen LogP contribution in [0.2, 0.25) is 0 Å². The molecular weight excluding hydrogens is 371 g/mol. The van der Waals surface area contributed by atoms with Crippen LogP contribution in [-0.2, 0) is 32.9 Å². The summed E-state index contributed by atoms with van der Waals surface area (Å²) >= 11 is 0. The molecule has 0 radical (unpaired) electrons. The van der Waals surface area contributed by atoms with Crippen LogP contribution in [0.15, 0.2) is 60.9 Å². The second-order valence-corrected chi connectivity index (χ2v) is 9.90. The Kier molecular flexibility index (Phi) is 4.50. The van der Waals surface area contributed by atoms with E-state index < -0.39 is 12.8 Å². The van der Waals surface area contributed by atoms with Crippen molar-refractivity contribution in [2.24, 2.45) is 14.1 Å². The van der Waals surface area contributed by atoms with Gasteiger partial charge in [0.2, 0.25) is 0 Å². The summed E-state index contributed by atoms with van der Waals surface area (Å²) in [5.41, 5.74) is 3.99. The van der Waals surface area contributed by atoms with Gasteiger partial charge in [0.25, 0.3) is 0 Å². The number of aromatic nitrogens is 2. The zero-order valence-corrected chi connectivity index (χ0v) is 17.7. The lowest BCUT2D eigenvalue weighted by Gasteiger charge is -2.35. The fraction of sp³-hybridized carbons (Fsp3) is 0.273. The second-order valence-electron chi connectivity index (χ2n) is 7.28. The predicted molar refractivity (Wildman–Crippen MR) is 114 cm³/mol. The van der Waals surface area contributed by atoms with E-state index in [4.69, 9.17) is 9.05 Å². The van der Waals surface area contributed by atoms with Gasteiger partial charge in [-0.3, -0.25) is 4.57 Å². The molecule has 0 bridgehead atoms. The van der Waals surface area contributed by atoms with Crippen LogP contribution in [0.25, 0.3) is 21.8 Å². The lowest BCUT2D eigenvalue weighted by molar-refractivity contribution is 0.256. The zero-order chi connectivity index (χ0) is 20.1. The summed E-state index contributed by atoms with van der Waals surface area (Å²) in [7, 11) is 3.36. The first-order valence-electron chi connectivity index (χ1n) is 9.18. The van der Waals surface area contributed by atoms with E-state index in [2.05, 4.69) is 33.4 Å². The van der Waals surface area contributed by atoms with Crippen molar-refractivity contribution in [3.8, 4) is 0 Å². The number of aryl methyl sites for hydroxylation is 2. The Morgan fingerprint density at radius 2 is 1.18 bits per heavy atom. The van der Waals surface area contributed by atoms with Crippen LogP contribution >= 0.6 is 7.60 Å². The van der Waals surface area contributed by atoms with Gasteiger partial charge in [-0.15, -0.1) is 0 Å². The molecule has 0 aliphatic carbocycles. The number of nitrogens with zero attached hydrogens (tertiary/aromatic N) is 2. The summed E-state index contributed by atoms with van der Waals surface area (Å²) < 4.78 is 29.3. The van der Waals surface area contributed by atoms with E-state index in [1.807, 2.05) is 57.7 Å². The average molecular weight is 396 g/mol. The second kappa shape index (κ2) is 6.63. The number of benzene rings is 2.